The molecule has 1 aromatic heterocycles. The first-order valence-electron chi connectivity index (χ1n) is 9.85. The van der Waals surface area contributed by atoms with Crippen molar-refractivity contribution in [1.82, 2.24) is 20.3 Å². The van der Waals surface area contributed by atoms with Gasteiger partial charge in [0.25, 0.3) is 0 Å². The molecule has 28 heavy (non-hydrogen) atoms. The molecule has 0 bridgehead atoms. The molecule has 0 unspecified atom stereocenters. The Bertz CT molecular complexity index is 660. The number of rotatable bonds is 10. The molecule has 1 aliphatic rings. The maximum atomic E-state index is 12.1. The fourth-order valence-electron chi connectivity index (χ4n) is 3.03. The molecule has 10 heteroatoms. The summed E-state index contributed by atoms with van der Waals surface area (Å²) >= 11 is 1.22. The van der Waals surface area contributed by atoms with Crippen molar-refractivity contribution >= 4 is 51.3 Å². The predicted octanol–water partition coefficient (Wildman–Crippen LogP) is 2.46. The van der Waals surface area contributed by atoms with E-state index in [4.69, 9.17) is 0 Å². The minimum Gasteiger partial charge on any atom is -0.357 e. The van der Waals surface area contributed by atoms with Gasteiger partial charge in [0.1, 0.15) is 4.21 Å². The van der Waals surface area contributed by atoms with Crippen molar-refractivity contribution in [1.29, 1.82) is 0 Å². The highest BCUT2D eigenvalue weighted by atomic mass is 127. The lowest BCUT2D eigenvalue weighted by atomic mass is 10.0. The van der Waals surface area contributed by atoms with Gasteiger partial charge >= 0.3 is 0 Å². The molecule has 0 saturated carbocycles. The molecule has 162 valence electrons. The monoisotopic (exact) mass is 543 g/mol. The molecule has 0 atom stereocenters. The fourth-order valence-corrected chi connectivity index (χ4v) is 5.09. The van der Waals surface area contributed by atoms with Crippen molar-refractivity contribution in [3.8, 4) is 0 Å². The van der Waals surface area contributed by atoms with Gasteiger partial charge < -0.3 is 15.5 Å². The lowest BCUT2D eigenvalue weighted by Crippen LogP contribution is -2.49. The number of unbranched alkanes of at least 4 members (excludes halogenated alkanes) is 1. The first-order chi connectivity index (χ1) is 13.0. The summed E-state index contributed by atoms with van der Waals surface area (Å²) in [5.41, 5.74) is 0. The second-order valence-electron chi connectivity index (χ2n) is 6.70. The van der Waals surface area contributed by atoms with Crippen molar-refractivity contribution in [2.75, 3.05) is 39.3 Å². The number of piperidine rings is 1. The minimum absolute atomic E-state index is 0. The number of nitrogens with zero attached hydrogens (tertiary/aromatic N) is 2. The van der Waals surface area contributed by atoms with Gasteiger partial charge in [0, 0.05) is 32.2 Å². The van der Waals surface area contributed by atoms with Crippen LogP contribution in [0.25, 0.3) is 0 Å². The van der Waals surface area contributed by atoms with Crippen LogP contribution in [0.2, 0.25) is 0 Å². The van der Waals surface area contributed by atoms with Crippen LogP contribution in [0.15, 0.2) is 26.7 Å². The Morgan fingerprint density at radius 1 is 1.32 bits per heavy atom. The fraction of sp³-hybridized carbons (Fsp3) is 0.722. The summed E-state index contributed by atoms with van der Waals surface area (Å²) in [6.45, 7) is 9.17. The third kappa shape index (κ3) is 8.93. The molecule has 1 fully saturated rings. The quantitative estimate of drug-likeness (QED) is 0.183. The molecule has 1 aliphatic heterocycles. The first kappa shape index (κ1) is 25.6. The maximum absolute atomic E-state index is 12.1. The van der Waals surface area contributed by atoms with Crippen molar-refractivity contribution in [3.63, 3.8) is 0 Å². The number of nitrogens with one attached hydrogen (secondary N) is 3. The van der Waals surface area contributed by atoms with Crippen LogP contribution in [0, 0.1) is 0 Å². The van der Waals surface area contributed by atoms with E-state index in [0.29, 0.717) is 16.8 Å². The molecular formula is C18H34IN5O2S2. The summed E-state index contributed by atoms with van der Waals surface area (Å²) in [6.07, 6.45) is 4.73. The average Bonchev–Trinajstić information content (AvgIpc) is 3.20. The van der Waals surface area contributed by atoms with E-state index in [9.17, 15) is 8.42 Å². The van der Waals surface area contributed by atoms with Crippen molar-refractivity contribution in [2.45, 2.75) is 49.8 Å². The Morgan fingerprint density at radius 2 is 2.07 bits per heavy atom. The molecule has 0 aliphatic carbocycles. The van der Waals surface area contributed by atoms with Gasteiger partial charge in [0.05, 0.1) is 6.54 Å². The van der Waals surface area contributed by atoms with Gasteiger partial charge in [-0.25, -0.2) is 13.1 Å². The zero-order valence-corrected chi connectivity index (χ0v) is 20.8. The van der Waals surface area contributed by atoms with Gasteiger partial charge in [-0.2, -0.15) is 0 Å². The lowest BCUT2D eigenvalue weighted by Gasteiger charge is -2.33. The summed E-state index contributed by atoms with van der Waals surface area (Å²) in [4.78, 5) is 7.05. The number of guanidine groups is 1. The van der Waals surface area contributed by atoms with Gasteiger partial charge in [-0.1, -0.05) is 19.4 Å². The smallest absolute Gasteiger partial charge is 0.250 e. The Kier molecular flexibility index (Phi) is 12.6. The first-order valence-corrected chi connectivity index (χ1v) is 12.2. The number of aliphatic imine (C=N–C) groups is 1. The van der Waals surface area contributed by atoms with E-state index in [1.165, 1.54) is 30.7 Å². The van der Waals surface area contributed by atoms with Crippen LogP contribution in [-0.2, 0) is 10.0 Å². The third-order valence-electron chi connectivity index (χ3n) is 4.53. The summed E-state index contributed by atoms with van der Waals surface area (Å²) in [5, 5.41) is 8.50. The molecule has 1 saturated heterocycles. The molecular weight excluding hydrogens is 509 g/mol. The molecule has 0 aromatic carbocycles. The summed E-state index contributed by atoms with van der Waals surface area (Å²) in [6, 6.07) is 3.76. The van der Waals surface area contributed by atoms with Gasteiger partial charge in [0.15, 0.2) is 5.96 Å². The Hall–Kier alpha value is -0.430. The molecule has 3 N–H and O–H groups in total. The summed E-state index contributed by atoms with van der Waals surface area (Å²) < 4.78 is 27.1. The number of thiophene rings is 1. The number of hydrogen-bond acceptors (Lipinski definition) is 5. The van der Waals surface area contributed by atoms with Crippen molar-refractivity contribution in [2.24, 2.45) is 4.99 Å². The SMILES string of the molecule is CCCCN1CCC(NC(=NCCNS(=O)(=O)c2cccs2)NCC)CC1.I. The third-order valence-corrected chi connectivity index (χ3v) is 7.39. The van der Waals surface area contributed by atoms with Crippen LogP contribution in [0.3, 0.4) is 0 Å². The van der Waals surface area contributed by atoms with Crippen LogP contribution >= 0.6 is 35.3 Å². The summed E-state index contributed by atoms with van der Waals surface area (Å²) in [7, 11) is -3.42. The summed E-state index contributed by atoms with van der Waals surface area (Å²) in [5.74, 6) is 0.764. The predicted molar refractivity (Wildman–Crippen MR) is 128 cm³/mol. The van der Waals surface area contributed by atoms with Gasteiger partial charge in [-0.15, -0.1) is 35.3 Å². The molecule has 0 radical (unpaired) electrons. The molecule has 0 amide bonds. The largest absolute Gasteiger partial charge is 0.357 e. The Morgan fingerprint density at radius 3 is 2.68 bits per heavy atom. The van der Waals surface area contributed by atoms with Crippen LogP contribution in [0.5, 0.6) is 0 Å². The van der Waals surface area contributed by atoms with E-state index < -0.39 is 10.0 Å². The molecule has 0 spiro atoms. The molecule has 7 nitrogen and oxygen atoms in total. The van der Waals surface area contributed by atoms with Crippen molar-refractivity contribution < 1.29 is 8.42 Å². The highest BCUT2D eigenvalue weighted by Crippen LogP contribution is 2.15. The topological polar surface area (TPSA) is 85.8 Å². The average molecular weight is 544 g/mol. The maximum Gasteiger partial charge on any atom is 0.250 e. The van der Waals surface area contributed by atoms with E-state index in [1.54, 1.807) is 17.5 Å². The van der Waals surface area contributed by atoms with E-state index in [2.05, 4.69) is 32.2 Å². The van der Waals surface area contributed by atoms with Crippen molar-refractivity contribution in [3.05, 3.63) is 17.5 Å². The number of halogens is 1. The second-order valence-corrected chi connectivity index (χ2v) is 9.65. The molecule has 2 heterocycles. The van der Waals surface area contributed by atoms with E-state index in [0.717, 1.165) is 38.4 Å². The highest BCUT2D eigenvalue weighted by molar-refractivity contribution is 14.0. The van der Waals surface area contributed by atoms with Crippen LogP contribution in [0.1, 0.15) is 39.5 Å². The standard InChI is InChI=1S/C18H33N5O2S2.HI/c1-3-5-12-23-13-8-16(9-14-23)22-18(19-4-2)20-10-11-21-27(24,25)17-7-6-15-26-17;/h6-7,15-16,21H,3-5,8-14H2,1-2H3,(H2,19,20,22);1H. The van der Waals surface area contributed by atoms with Crippen LogP contribution < -0.4 is 15.4 Å². The zero-order valence-electron chi connectivity index (χ0n) is 16.8. The Labute approximate surface area is 190 Å². The van der Waals surface area contributed by atoms with Crippen LogP contribution in [-0.4, -0.2) is 64.6 Å². The molecule has 1 aromatic rings. The van der Waals surface area contributed by atoms with E-state index in [-0.39, 0.29) is 30.5 Å². The highest BCUT2D eigenvalue weighted by Gasteiger charge is 2.19. The van der Waals surface area contributed by atoms with E-state index >= 15 is 0 Å². The van der Waals surface area contributed by atoms with Gasteiger partial charge in [-0.3, -0.25) is 4.99 Å². The minimum atomic E-state index is -3.42. The second kappa shape index (κ2) is 13.7. The zero-order chi connectivity index (χ0) is 19.5. The number of sulfonamides is 1. The Balaban J connectivity index is 0.00000392. The number of hydrogen-bond donors (Lipinski definition) is 3. The normalized spacial score (nSPS) is 16.6. The number of likely N-dealkylation sites (tertiary alicyclic amines) is 1. The van der Waals surface area contributed by atoms with Gasteiger partial charge in [0.2, 0.25) is 10.0 Å². The van der Waals surface area contributed by atoms with Gasteiger partial charge in [-0.05, 0) is 44.2 Å². The van der Waals surface area contributed by atoms with Crippen LogP contribution in [0.4, 0.5) is 0 Å². The molecule has 2 rings (SSSR count). The van der Waals surface area contributed by atoms with E-state index in [1.807, 2.05) is 6.92 Å². The lowest BCUT2D eigenvalue weighted by molar-refractivity contribution is 0.203.